The van der Waals surface area contributed by atoms with Crippen LogP contribution in [0.15, 0.2) is 16.6 Å². The van der Waals surface area contributed by atoms with Gasteiger partial charge in [-0.05, 0) is 22.0 Å². The lowest BCUT2D eigenvalue weighted by Crippen LogP contribution is -2.15. The van der Waals surface area contributed by atoms with Crippen molar-refractivity contribution in [1.82, 2.24) is 0 Å². The van der Waals surface area contributed by atoms with E-state index in [0.29, 0.717) is 10.2 Å². The predicted molar refractivity (Wildman–Crippen MR) is 54.0 cm³/mol. The molecule has 0 aromatic heterocycles. The maximum absolute atomic E-state index is 13.3. The van der Waals surface area contributed by atoms with Crippen LogP contribution in [0.1, 0.15) is 10.4 Å². The summed E-state index contributed by atoms with van der Waals surface area (Å²) in [6, 6.07) is 2.51. The van der Waals surface area contributed by atoms with Gasteiger partial charge in [-0.2, -0.15) is 0 Å². The number of hydrogen-bond donors (Lipinski definition) is 1. The van der Waals surface area contributed by atoms with Gasteiger partial charge in [0.15, 0.2) is 5.78 Å². The van der Waals surface area contributed by atoms with Crippen LogP contribution in [-0.2, 0) is 0 Å². The van der Waals surface area contributed by atoms with Gasteiger partial charge >= 0.3 is 0 Å². The van der Waals surface area contributed by atoms with Crippen LogP contribution in [0.4, 0.5) is 4.39 Å². The van der Waals surface area contributed by atoms with E-state index in [1.165, 1.54) is 13.2 Å². The van der Waals surface area contributed by atoms with Gasteiger partial charge in [-0.1, -0.05) is 0 Å². The number of ether oxygens (including phenoxy) is 1. The molecular weight excluding hydrogens is 253 g/mol. The topological polar surface area (TPSA) is 52.3 Å². The van der Waals surface area contributed by atoms with Crippen molar-refractivity contribution in [3.63, 3.8) is 0 Å². The van der Waals surface area contributed by atoms with Crippen LogP contribution in [0.5, 0.6) is 5.75 Å². The summed E-state index contributed by atoms with van der Waals surface area (Å²) >= 11 is 3.15. The molecule has 3 nitrogen and oxygen atoms in total. The predicted octanol–water partition coefficient (Wildman–Crippen LogP) is 1.74. The minimum absolute atomic E-state index is 0.0276. The Morgan fingerprint density at radius 2 is 2.29 bits per heavy atom. The van der Waals surface area contributed by atoms with Crippen molar-refractivity contribution < 1.29 is 13.9 Å². The first-order valence-electron chi connectivity index (χ1n) is 3.86. The van der Waals surface area contributed by atoms with Crippen molar-refractivity contribution in [2.24, 2.45) is 5.73 Å². The molecule has 0 radical (unpaired) electrons. The molecular formula is C9H9BrFNO2. The number of benzene rings is 1. The molecule has 14 heavy (non-hydrogen) atoms. The minimum Gasteiger partial charge on any atom is -0.495 e. The highest BCUT2D eigenvalue weighted by Crippen LogP contribution is 2.27. The molecule has 1 aromatic carbocycles. The van der Waals surface area contributed by atoms with Crippen molar-refractivity contribution in [3.8, 4) is 5.75 Å². The molecule has 0 aliphatic carbocycles. The molecule has 0 aliphatic rings. The Kier molecular flexibility index (Phi) is 3.60. The minimum atomic E-state index is -0.625. The van der Waals surface area contributed by atoms with Gasteiger partial charge in [-0.25, -0.2) is 4.39 Å². The van der Waals surface area contributed by atoms with Gasteiger partial charge in [-0.3, -0.25) is 4.79 Å². The highest BCUT2D eigenvalue weighted by atomic mass is 79.9. The van der Waals surface area contributed by atoms with Crippen LogP contribution in [0, 0.1) is 5.82 Å². The zero-order valence-electron chi connectivity index (χ0n) is 7.51. The molecule has 2 N–H and O–H groups in total. The maximum Gasteiger partial charge on any atom is 0.179 e. The van der Waals surface area contributed by atoms with Crippen LogP contribution < -0.4 is 10.5 Å². The lowest BCUT2D eigenvalue weighted by molar-refractivity contribution is 0.0997. The standard InChI is InChI=1S/C9H9BrFNO2/c1-14-9-3-7(11)5(2-6(9)10)8(13)4-12/h2-3H,4,12H2,1H3. The van der Waals surface area contributed by atoms with Crippen molar-refractivity contribution in [2.45, 2.75) is 0 Å². The number of Topliss-reactive ketones (excluding diaryl/α,β-unsaturated/α-hetero) is 1. The molecule has 0 aliphatic heterocycles. The molecule has 0 heterocycles. The summed E-state index contributed by atoms with van der Waals surface area (Å²) in [6.45, 7) is -0.213. The van der Waals surface area contributed by atoms with Gasteiger partial charge in [0.25, 0.3) is 0 Å². The van der Waals surface area contributed by atoms with Crippen molar-refractivity contribution in [2.75, 3.05) is 13.7 Å². The molecule has 0 atom stereocenters. The second-order valence-electron chi connectivity index (χ2n) is 2.59. The third kappa shape index (κ3) is 2.10. The van der Waals surface area contributed by atoms with E-state index in [9.17, 15) is 9.18 Å². The maximum atomic E-state index is 13.3. The lowest BCUT2D eigenvalue weighted by atomic mass is 10.1. The lowest BCUT2D eigenvalue weighted by Gasteiger charge is -2.06. The van der Waals surface area contributed by atoms with E-state index >= 15 is 0 Å². The van der Waals surface area contributed by atoms with Gasteiger partial charge in [-0.15, -0.1) is 0 Å². The summed E-state index contributed by atoms with van der Waals surface area (Å²) < 4.78 is 18.7. The van der Waals surface area contributed by atoms with Gasteiger partial charge in [0.1, 0.15) is 11.6 Å². The molecule has 0 saturated heterocycles. The number of methoxy groups -OCH3 is 1. The molecule has 5 heteroatoms. The Morgan fingerprint density at radius 3 is 2.79 bits per heavy atom. The van der Waals surface area contributed by atoms with Crippen molar-refractivity contribution >= 4 is 21.7 Å². The third-order valence-corrected chi connectivity index (χ3v) is 2.35. The van der Waals surface area contributed by atoms with Crippen LogP contribution in [-0.4, -0.2) is 19.4 Å². The van der Waals surface area contributed by atoms with Crippen LogP contribution in [0.3, 0.4) is 0 Å². The molecule has 1 rings (SSSR count). The summed E-state index contributed by atoms with van der Waals surface area (Å²) in [5.41, 5.74) is 5.10. The summed E-state index contributed by atoms with van der Waals surface area (Å²) in [7, 11) is 1.42. The average Bonchev–Trinajstić information content (AvgIpc) is 2.19. The summed E-state index contributed by atoms with van der Waals surface area (Å²) in [6.07, 6.45) is 0. The fraction of sp³-hybridized carbons (Fsp3) is 0.222. The van der Waals surface area contributed by atoms with Crippen LogP contribution in [0.2, 0.25) is 0 Å². The van der Waals surface area contributed by atoms with E-state index in [0.717, 1.165) is 6.07 Å². The first-order valence-corrected chi connectivity index (χ1v) is 4.65. The number of ketones is 1. The fourth-order valence-corrected chi connectivity index (χ4v) is 1.51. The second-order valence-corrected chi connectivity index (χ2v) is 3.45. The second kappa shape index (κ2) is 4.52. The zero-order valence-corrected chi connectivity index (χ0v) is 9.10. The zero-order chi connectivity index (χ0) is 10.7. The van der Waals surface area contributed by atoms with E-state index in [1.807, 2.05) is 0 Å². The van der Waals surface area contributed by atoms with Crippen molar-refractivity contribution in [3.05, 3.63) is 28.0 Å². The Balaban J connectivity index is 3.21. The summed E-state index contributed by atoms with van der Waals surface area (Å²) in [5.74, 6) is -0.720. The number of hydrogen-bond acceptors (Lipinski definition) is 3. The summed E-state index contributed by atoms with van der Waals surface area (Å²) in [5, 5.41) is 0. The molecule has 76 valence electrons. The largest absolute Gasteiger partial charge is 0.495 e. The molecule has 0 spiro atoms. The van der Waals surface area contributed by atoms with Crippen LogP contribution in [0.25, 0.3) is 0 Å². The number of halogens is 2. The van der Waals surface area contributed by atoms with Crippen molar-refractivity contribution in [1.29, 1.82) is 0 Å². The van der Waals surface area contributed by atoms with E-state index < -0.39 is 11.6 Å². The molecule has 0 bridgehead atoms. The first kappa shape index (κ1) is 11.1. The first-order chi connectivity index (χ1) is 6.60. The molecule has 0 fully saturated rings. The van der Waals surface area contributed by atoms with Crippen LogP contribution >= 0.6 is 15.9 Å². The van der Waals surface area contributed by atoms with Gasteiger partial charge in [0.2, 0.25) is 0 Å². The Morgan fingerprint density at radius 1 is 1.64 bits per heavy atom. The molecule has 0 unspecified atom stereocenters. The SMILES string of the molecule is COc1cc(F)c(C(=O)CN)cc1Br. The molecule has 0 amide bonds. The fourth-order valence-electron chi connectivity index (χ4n) is 1.01. The van der Waals surface area contributed by atoms with Gasteiger partial charge in [0, 0.05) is 6.07 Å². The Bertz CT molecular complexity index is 368. The highest BCUT2D eigenvalue weighted by Gasteiger charge is 2.13. The monoisotopic (exact) mass is 261 g/mol. The van der Waals surface area contributed by atoms with Gasteiger partial charge in [0.05, 0.1) is 23.7 Å². The Hall–Kier alpha value is -0.940. The quantitative estimate of drug-likeness (QED) is 0.844. The van der Waals surface area contributed by atoms with E-state index in [2.05, 4.69) is 15.9 Å². The number of nitrogens with two attached hydrogens (primary N) is 1. The molecule has 1 aromatic rings. The summed E-state index contributed by atoms with van der Waals surface area (Å²) in [4.78, 5) is 11.2. The number of carbonyl (C=O) groups is 1. The highest BCUT2D eigenvalue weighted by molar-refractivity contribution is 9.10. The number of carbonyl (C=O) groups excluding carboxylic acids is 1. The third-order valence-electron chi connectivity index (χ3n) is 1.73. The van der Waals surface area contributed by atoms with E-state index in [1.54, 1.807) is 0 Å². The van der Waals surface area contributed by atoms with E-state index in [4.69, 9.17) is 10.5 Å². The van der Waals surface area contributed by atoms with E-state index in [-0.39, 0.29) is 12.1 Å². The average molecular weight is 262 g/mol. The number of rotatable bonds is 3. The smallest absolute Gasteiger partial charge is 0.179 e. The normalized spacial score (nSPS) is 10.0. The molecule has 0 saturated carbocycles. The Labute approximate surface area is 89.2 Å². The van der Waals surface area contributed by atoms with Gasteiger partial charge < -0.3 is 10.5 Å².